The van der Waals surface area contributed by atoms with Gasteiger partial charge in [-0.05, 0) is 183 Å². The van der Waals surface area contributed by atoms with Crippen LogP contribution in [0.1, 0.15) is 146 Å². The summed E-state index contributed by atoms with van der Waals surface area (Å²) in [6.45, 7) is 23.8. The normalized spacial score (nSPS) is 14.6. The maximum Gasteiger partial charge on any atom is 0.309 e. The summed E-state index contributed by atoms with van der Waals surface area (Å²) < 4.78 is 8.92. The number of aromatic nitrogens is 6. The van der Waals surface area contributed by atoms with Crippen LogP contribution in [0.3, 0.4) is 0 Å². The molecule has 0 radical (unpaired) electrons. The van der Waals surface area contributed by atoms with Crippen LogP contribution < -0.4 is 0 Å². The number of nitrogens with zero attached hydrogens (tertiary/aromatic N) is 8. The Labute approximate surface area is 458 Å². The number of esters is 1. The zero-order valence-corrected chi connectivity index (χ0v) is 46.3. The van der Waals surface area contributed by atoms with E-state index < -0.39 is 17.8 Å². The van der Waals surface area contributed by atoms with Gasteiger partial charge in [0.25, 0.3) is 11.8 Å². The van der Waals surface area contributed by atoms with E-state index in [0.717, 1.165) is 103 Å². The topological polar surface area (TPSA) is 166 Å². The molecule has 0 aliphatic carbocycles. The van der Waals surface area contributed by atoms with Gasteiger partial charge in [0.2, 0.25) is 0 Å². The first-order valence-electron chi connectivity index (χ1n) is 26.8. The van der Waals surface area contributed by atoms with Crippen molar-refractivity contribution in [2.75, 3.05) is 20.2 Å². The van der Waals surface area contributed by atoms with E-state index >= 15 is 0 Å². The van der Waals surface area contributed by atoms with Gasteiger partial charge in [-0.3, -0.25) is 19.2 Å². The fourth-order valence-electron chi connectivity index (χ4n) is 11.4. The molecular weight excluding hydrogens is 977 g/mol. The molecule has 14 nitrogen and oxygen atoms in total. The van der Waals surface area contributed by atoms with Gasteiger partial charge in [-0.15, -0.1) is 10.2 Å². The second kappa shape index (κ2) is 23.3. The molecule has 78 heavy (non-hydrogen) atoms. The van der Waals surface area contributed by atoms with Gasteiger partial charge < -0.3 is 19.6 Å². The lowest BCUT2D eigenvalue weighted by Gasteiger charge is -2.31. The van der Waals surface area contributed by atoms with E-state index in [9.17, 15) is 24.3 Å². The van der Waals surface area contributed by atoms with Crippen LogP contribution in [0.25, 0.3) is 22.1 Å². The number of methoxy groups -OCH3 is 1. The zero-order valence-electron chi connectivity index (χ0n) is 46.3. The van der Waals surface area contributed by atoms with Gasteiger partial charge in [0.1, 0.15) is 11.0 Å². The molecule has 2 amide bonds. The minimum Gasteiger partial charge on any atom is -0.481 e. The number of aryl methyl sites for hydroxylation is 8. The number of carboxylic acids is 1. The Hall–Kier alpha value is -8.00. The number of rotatable bonds is 12. The first-order chi connectivity index (χ1) is 36.9. The van der Waals surface area contributed by atoms with E-state index in [2.05, 4.69) is 70.0 Å². The van der Waals surface area contributed by atoms with Gasteiger partial charge in [-0.25, -0.2) is 9.36 Å². The summed E-state index contributed by atoms with van der Waals surface area (Å²) in [5.41, 5.74) is 20.1. The third-order valence-corrected chi connectivity index (χ3v) is 16.5. The number of carbonyl (C=O) groups excluding carboxylic acids is 3. The van der Waals surface area contributed by atoms with E-state index in [0.29, 0.717) is 38.3 Å². The van der Waals surface area contributed by atoms with Crippen molar-refractivity contribution in [3.63, 3.8) is 0 Å². The highest BCUT2D eigenvalue weighted by atomic mass is 16.5. The van der Waals surface area contributed by atoms with Crippen LogP contribution in [0.15, 0.2) is 97.1 Å². The number of carboxylic acid groups (broad SMARTS) is 1. The molecule has 10 rings (SSSR count). The summed E-state index contributed by atoms with van der Waals surface area (Å²) in [7, 11) is 1.43. The van der Waals surface area contributed by atoms with Crippen molar-refractivity contribution in [2.24, 2.45) is 11.8 Å². The molecule has 0 saturated heterocycles. The third kappa shape index (κ3) is 10.8. The molecule has 2 aliphatic rings. The summed E-state index contributed by atoms with van der Waals surface area (Å²) in [6.07, 6.45) is 1.57. The first-order valence-corrected chi connectivity index (χ1v) is 26.8. The lowest BCUT2D eigenvalue weighted by atomic mass is 9.78. The molecule has 406 valence electrons. The number of ether oxygens (including phenoxy) is 1. The molecule has 2 aliphatic heterocycles. The van der Waals surface area contributed by atoms with Gasteiger partial charge in [-0.2, -0.15) is 0 Å². The Morgan fingerprint density at radius 1 is 0.551 bits per heavy atom. The summed E-state index contributed by atoms with van der Waals surface area (Å²) in [5.74, 6) is -2.69. The maximum atomic E-state index is 13.4. The fraction of sp³-hybridized carbons (Fsp3) is 0.375. The molecule has 2 aromatic heterocycles. The van der Waals surface area contributed by atoms with Crippen molar-refractivity contribution in [1.29, 1.82) is 0 Å². The van der Waals surface area contributed by atoms with Crippen molar-refractivity contribution in [3.8, 4) is 0 Å². The van der Waals surface area contributed by atoms with Gasteiger partial charge in [0, 0.05) is 62.2 Å². The summed E-state index contributed by atoms with van der Waals surface area (Å²) in [6, 6.07) is 32.6. The highest BCUT2D eigenvalue weighted by molar-refractivity contribution is 5.95. The summed E-state index contributed by atoms with van der Waals surface area (Å²) >= 11 is 0. The zero-order chi connectivity index (χ0) is 55.0. The molecule has 0 unspecified atom stereocenters. The van der Waals surface area contributed by atoms with E-state index in [1.54, 1.807) is 6.92 Å². The van der Waals surface area contributed by atoms with Crippen molar-refractivity contribution >= 4 is 45.8 Å². The predicted molar refractivity (Wildman–Crippen MR) is 306 cm³/mol. The smallest absolute Gasteiger partial charge is 0.309 e. The Kier molecular flexibility index (Phi) is 16.8. The van der Waals surface area contributed by atoms with Crippen LogP contribution >= 0.6 is 0 Å². The van der Waals surface area contributed by atoms with E-state index in [1.165, 1.54) is 29.4 Å². The molecular formula is C64H74N8O6. The second-order valence-corrected chi connectivity index (χ2v) is 21.1. The second-order valence-electron chi connectivity index (χ2n) is 21.1. The summed E-state index contributed by atoms with van der Waals surface area (Å²) in [5, 5.41) is 27.4. The SMILES string of the molecule is C.CCn1nnc2c(C)c([C@H](c3ccc4c(c3)CN(C(=O)c3ccc(C)c(C)c3)CC4)[C@H](C)C(=O)O)ccc21.CCn1nnc2c(C)c([C@H](c3ccc4c(c3)CN(C(=O)c3ccc(C)c(C)c3)CC4)[C@H](C)C(=O)OC)ccc21. The largest absolute Gasteiger partial charge is 0.481 e. The number of carbonyl (C=O) groups is 4. The molecule has 6 aromatic carbocycles. The standard InChI is InChI=1S/C32H36N4O3.C31H34N4O3.CH4/c1-7-36-28-13-12-27(21(4)30(28)33-34-36)29(22(5)32(38)39-6)24-11-10-23-14-15-35(18-26(23)17-24)31(37)25-9-8-19(2)20(3)16-25;1-6-35-27-12-11-26(20(4)29(27)32-33-35)28(21(5)31(37)38)23-10-9-22-13-14-34(17-25(22)16-23)30(36)24-8-7-18(2)19(3)15-24;/h8-13,16-17,22,29H,7,14-15,18H2,1-6H3;7-12,15-16,21,28H,6,13-14,17H2,1-5H3,(H,37,38);1H4/t22-,29-;21-,28-;/m00./s1. The van der Waals surface area contributed by atoms with Crippen LogP contribution in [-0.4, -0.2) is 88.8 Å². The van der Waals surface area contributed by atoms with Crippen molar-refractivity contribution in [3.05, 3.63) is 186 Å². The van der Waals surface area contributed by atoms with E-state index in [4.69, 9.17) is 4.74 Å². The van der Waals surface area contributed by atoms with Gasteiger partial charge in [-0.1, -0.05) is 92.4 Å². The Morgan fingerprint density at radius 3 is 1.36 bits per heavy atom. The molecule has 0 saturated carbocycles. The molecule has 8 aromatic rings. The molecule has 4 atom stereocenters. The maximum absolute atomic E-state index is 13.4. The van der Waals surface area contributed by atoms with Crippen molar-refractivity contribution in [2.45, 2.75) is 128 Å². The van der Waals surface area contributed by atoms with Gasteiger partial charge in [0.15, 0.2) is 0 Å². The molecule has 0 spiro atoms. The number of fused-ring (bicyclic) bond motifs is 4. The highest BCUT2D eigenvalue weighted by Gasteiger charge is 2.33. The minimum atomic E-state index is -0.851. The average molecular weight is 1050 g/mol. The Bertz CT molecular complexity index is 3590. The van der Waals surface area contributed by atoms with Gasteiger partial charge in [0.05, 0.1) is 30.0 Å². The van der Waals surface area contributed by atoms with E-state index in [1.807, 2.05) is 129 Å². The quantitative estimate of drug-likeness (QED) is 0.116. The summed E-state index contributed by atoms with van der Waals surface area (Å²) in [4.78, 5) is 55.7. The monoisotopic (exact) mass is 1050 g/mol. The van der Waals surface area contributed by atoms with Crippen LogP contribution in [0.5, 0.6) is 0 Å². The van der Waals surface area contributed by atoms with Gasteiger partial charge >= 0.3 is 11.9 Å². The third-order valence-electron chi connectivity index (χ3n) is 16.5. The number of hydrogen-bond donors (Lipinski definition) is 1. The Morgan fingerprint density at radius 2 is 0.974 bits per heavy atom. The predicted octanol–water partition coefficient (Wildman–Crippen LogP) is 11.6. The Balaban J connectivity index is 0.000000203. The van der Waals surface area contributed by atoms with E-state index in [-0.39, 0.29) is 37.0 Å². The number of hydrogen-bond acceptors (Lipinski definition) is 9. The highest BCUT2D eigenvalue weighted by Crippen LogP contribution is 2.40. The average Bonchev–Trinajstić information content (AvgIpc) is 4.13. The lowest BCUT2D eigenvalue weighted by molar-refractivity contribution is -0.145. The molecule has 1 N–H and O–H groups in total. The van der Waals surface area contributed by atoms with Crippen molar-refractivity contribution < 1.29 is 29.0 Å². The molecule has 4 heterocycles. The number of amides is 2. The van der Waals surface area contributed by atoms with Crippen LogP contribution in [0, 0.1) is 53.4 Å². The van der Waals surface area contributed by atoms with Crippen LogP contribution in [0.2, 0.25) is 0 Å². The first kappa shape index (κ1) is 56.2. The molecule has 0 bridgehead atoms. The fourth-order valence-corrected chi connectivity index (χ4v) is 11.4. The van der Waals surface area contributed by atoms with Crippen LogP contribution in [0.4, 0.5) is 0 Å². The number of benzene rings is 6. The number of aliphatic carboxylic acids is 1. The lowest BCUT2D eigenvalue weighted by Crippen LogP contribution is -2.36. The van der Waals surface area contributed by atoms with Crippen LogP contribution in [-0.2, 0) is 53.3 Å². The molecule has 14 heteroatoms. The van der Waals surface area contributed by atoms with Crippen molar-refractivity contribution in [1.82, 2.24) is 39.8 Å². The molecule has 0 fully saturated rings. The minimum absolute atomic E-state index is 0.